The van der Waals surface area contributed by atoms with Crippen LogP contribution in [0.15, 0.2) is 11.2 Å². The maximum absolute atomic E-state index is 4.95. The molecule has 0 bridgehead atoms. The fourth-order valence-corrected chi connectivity index (χ4v) is 3.76. The van der Waals surface area contributed by atoms with Crippen LogP contribution >= 0.6 is 24.0 Å². The molecule has 1 aliphatic rings. The average Bonchev–Trinajstić information content (AvgIpc) is 3.18. The summed E-state index contributed by atoms with van der Waals surface area (Å²) < 4.78 is 1.92. The van der Waals surface area contributed by atoms with Crippen molar-refractivity contribution < 1.29 is 0 Å². The third-order valence-electron chi connectivity index (χ3n) is 5.00. The predicted octanol–water partition coefficient (Wildman–Crippen LogP) is 3.29. The minimum atomic E-state index is 0. The molecule has 0 amide bonds. The molecule has 1 fully saturated rings. The number of guanidine groups is 1. The summed E-state index contributed by atoms with van der Waals surface area (Å²) in [5, 5.41) is 8.08. The summed E-state index contributed by atoms with van der Waals surface area (Å²) >= 11 is 0. The van der Waals surface area contributed by atoms with E-state index >= 15 is 0 Å². The fraction of sp³-hybridized carbons (Fsp3) is 0.800. The second-order valence-corrected chi connectivity index (χ2v) is 7.87. The maximum Gasteiger partial charge on any atom is 0.193 e. The number of hydrogen-bond acceptors (Lipinski definition) is 3. The molecule has 1 unspecified atom stereocenters. The van der Waals surface area contributed by atoms with Crippen LogP contribution in [0, 0.1) is 5.92 Å². The van der Waals surface area contributed by atoms with Gasteiger partial charge in [0, 0.05) is 52.0 Å². The summed E-state index contributed by atoms with van der Waals surface area (Å²) in [6.07, 6.45) is 4.65. The molecule has 0 spiro atoms. The monoisotopic (exact) mass is 490 g/mol. The van der Waals surface area contributed by atoms with Gasteiger partial charge in [-0.25, -0.2) is 0 Å². The quantitative estimate of drug-likeness (QED) is 0.345. The largest absolute Gasteiger partial charge is 0.357 e. The summed E-state index contributed by atoms with van der Waals surface area (Å²) in [7, 11) is 4.12. The molecule has 1 atom stereocenters. The van der Waals surface area contributed by atoms with Crippen LogP contribution in [0.2, 0.25) is 0 Å². The number of aromatic nitrogens is 2. The molecule has 1 aliphatic heterocycles. The van der Waals surface area contributed by atoms with E-state index < -0.39 is 0 Å². The van der Waals surface area contributed by atoms with Crippen LogP contribution in [0.1, 0.15) is 57.7 Å². The Morgan fingerprint density at radius 2 is 2.15 bits per heavy atom. The molecular weight excluding hydrogens is 451 g/mol. The van der Waals surface area contributed by atoms with Gasteiger partial charge in [-0.15, -0.1) is 24.0 Å². The van der Waals surface area contributed by atoms with E-state index in [0.717, 1.165) is 25.6 Å². The van der Waals surface area contributed by atoms with E-state index in [-0.39, 0.29) is 24.0 Å². The number of rotatable bonds is 8. The normalized spacial score (nSPS) is 18.0. The molecular formula is C20H39IN6. The van der Waals surface area contributed by atoms with Gasteiger partial charge < -0.3 is 15.1 Å². The highest BCUT2D eigenvalue weighted by molar-refractivity contribution is 14.0. The smallest absolute Gasteiger partial charge is 0.193 e. The number of likely N-dealkylation sites (tertiary alicyclic amines) is 1. The minimum absolute atomic E-state index is 0. The molecule has 7 heteroatoms. The van der Waals surface area contributed by atoms with Crippen molar-refractivity contribution in [2.45, 2.75) is 53.0 Å². The van der Waals surface area contributed by atoms with Crippen molar-refractivity contribution >= 4 is 29.9 Å². The van der Waals surface area contributed by atoms with Gasteiger partial charge in [-0.05, 0) is 44.7 Å². The second-order valence-electron chi connectivity index (χ2n) is 7.87. The van der Waals surface area contributed by atoms with Gasteiger partial charge in [0.25, 0.3) is 0 Å². The van der Waals surface area contributed by atoms with Gasteiger partial charge in [-0.1, -0.05) is 20.8 Å². The maximum atomic E-state index is 4.95. The molecule has 0 aliphatic carbocycles. The van der Waals surface area contributed by atoms with E-state index in [2.05, 4.69) is 61.2 Å². The lowest BCUT2D eigenvalue weighted by atomic mass is 10.1. The molecule has 1 saturated heterocycles. The lowest BCUT2D eigenvalue weighted by Crippen LogP contribution is -2.39. The first kappa shape index (κ1) is 24.2. The molecule has 2 rings (SSSR count). The number of hydrogen-bond donors (Lipinski definition) is 1. The molecule has 0 saturated carbocycles. The van der Waals surface area contributed by atoms with E-state index in [9.17, 15) is 0 Å². The summed E-state index contributed by atoms with van der Waals surface area (Å²) in [6.45, 7) is 15.1. The second kappa shape index (κ2) is 11.9. The molecule has 156 valence electrons. The zero-order valence-corrected chi connectivity index (χ0v) is 20.4. The van der Waals surface area contributed by atoms with E-state index in [0.29, 0.717) is 11.8 Å². The molecule has 1 aromatic rings. The van der Waals surface area contributed by atoms with Gasteiger partial charge in [0.15, 0.2) is 5.96 Å². The Hall–Kier alpha value is -0.830. The first-order chi connectivity index (χ1) is 12.4. The molecule has 6 nitrogen and oxygen atoms in total. The highest BCUT2D eigenvalue weighted by atomic mass is 127. The summed E-state index contributed by atoms with van der Waals surface area (Å²) in [5.41, 5.74) is 2.46. The molecule has 0 aromatic carbocycles. The Balaban J connectivity index is 0.00000364. The topological polar surface area (TPSA) is 48.7 Å². The number of aryl methyl sites for hydroxylation is 1. The van der Waals surface area contributed by atoms with Gasteiger partial charge in [-0.2, -0.15) is 5.10 Å². The number of halogens is 1. The van der Waals surface area contributed by atoms with Crippen molar-refractivity contribution in [3.63, 3.8) is 0 Å². The summed E-state index contributed by atoms with van der Waals surface area (Å²) in [4.78, 5) is 9.74. The highest BCUT2D eigenvalue weighted by Crippen LogP contribution is 2.19. The Morgan fingerprint density at radius 1 is 1.41 bits per heavy atom. The SMILES string of the molecule is CCCN1CCC(CN=C(NCC)N(C)Cc2cn(C)nc2C(C)C)C1.I. The molecule has 2 heterocycles. The van der Waals surface area contributed by atoms with Crippen LogP contribution in [0.5, 0.6) is 0 Å². The van der Waals surface area contributed by atoms with Crippen LogP contribution in [-0.4, -0.2) is 65.3 Å². The molecule has 0 radical (unpaired) electrons. The van der Waals surface area contributed by atoms with E-state index in [1.807, 2.05) is 11.7 Å². The zero-order chi connectivity index (χ0) is 19.1. The van der Waals surface area contributed by atoms with Crippen molar-refractivity contribution in [3.8, 4) is 0 Å². The van der Waals surface area contributed by atoms with Gasteiger partial charge >= 0.3 is 0 Å². The fourth-order valence-electron chi connectivity index (χ4n) is 3.76. The van der Waals surface area contributed by atoms with Gasteiger partial charge in [0.2, 0.25) is 0 Å². The van der Waals surface area contributed by atoms with Crippen molar-refractivity contribution in [2.75, 3.05) is 39.8 Å². The third kappa shape index (κ3) is 7.25. The van der Waals surface area contributed by atoms with Crippen molar-refractivity contribution in [1.82, 2.24) is 24.9 Å². The van der Waals surface area contributed by atoms with Gasteiger partial charge in [-0.3, -0.25) is 9.67 Å². The number of nitrogens with one attached hydrogen (secondary N) is 1. The summed E-state index contributed by atoms with van der Waals surface area (Å²) in [6, 6.07) is 0. The van der Waals surface area contributed by atoms with Crippen LogP contribution in [0.3, 0.4) is 0 Å². The Kier molecular flexibility index (Phi) is 10.7. The van der Waals surface area contributed by atoms with Crippen molar-refractivity contribution in [1.29, 1.82) is 0 Å². The molecule has 27 heavy (non-hydrogen) atoms. The molecule has 1 N–H and O–H groups in total. The standard InChI is InChI=1S/C20H38N6.HI/c1-7-10-26-11-9-17(13-26)12-22-20(21-8-2)24(5)14-18-15-25(6)23-19(18)16(3)4;/h15-17H,7-14H2,1-6H3,(H,21,22);1H. The van der Waals surface area contributed by atoms with E-state index in [1.54, 1.807) is 0 Å². The van der Waals surface area contributed by atoms with E-state index in [1.165, 1.54) is 43.7 Å². The first-order valence-electron chi connectivity index (χ1n) is 10.2. The van der Waals surface area contributed by atoms with E-state index in [4.69, 9.17) is 4.99 Å². The van der Waals surface area contributed by atoms with Gasteiger partial charge in [0.1, 0.15) is 0 Å². The highest BCUT2D eigenvalue weighted by Gasteiger charge is 2.22. The zero-order valence-electron chi connectivity index (χ0n) is 18.0. The van der Waals surface area contributed by atoms with Crippen LogP contribution in [0.25, 0.3) is 0 Å². The predicted molar refractivity (Wildman–Crippen MR) is 125 cm³/mol. The minimum Gasteiger partial charge on any atom is -0.357 e. The Morgan fingerprint density at radius 3 is 2.78 bits per heavy atom. The molecule has 1 aromatic heterocycles. The number of nitrogens with zero attached hydrogens (tertiary/aromatic N) is 5. The van der Waals surface area contributed by atoms with Gasteiger partial charge in [0.05, 0.1) is 5.69 Å². The Labute approximate surface area is 182 Å². The summed E-state index contributed by atoms with van der Waals surface area (Å²) in [5.74, 6) is 2.12. The number of aliphatic imine (C=N–C) groups is 1. The lowest BCUT2D eigenvalue weighted by Gasteiger charge is -2.23. The van der Waals surface area contributed by atoms with Crippen molar-refractivity contribution in [3.05, 3.63) is 17.5 Å². The first-order valence-corrected chi connectivity index (χ1v) is 10.2. The Bertz CT molecular complexity index is 583. The lowest BCUT2D eigenvalue weighted by molar-refractivity contribution is 0.326. The average molecular weight is 490 g/mol. The van der Waals surface area contributed by atoms with Crippen LogP contribution in [-0.2, 0) is 13.6 Å². The van der Waals surface area contributed by atoms with Crippen LogP contribution < -0.4 is 5.32 Å². The van der Waals surface area contributed by atoms with Crippen molar-refractivity contribution in [2.24, 2.45) is 18.0 Å². The third-order valence-corrected chi connectivity index (χ3v) is 5.00. The van der Waals surface area contributed by atoms with Crippen LogP contribution in [0.4, 0.5) is 0 Å².